The van der Waals surface area contributed by atoms with Gasteiger partial charge >= 0.3 is 0 Å². The van der Waals surface area contributed by atoms with Gasteiger partial charge in [-0.2, -0.15) is 0 Å². The molecule has 0 aromatic heterocycles. The van der Waals surface area contributed by atoms with Gasteiger partial charge in [-0.25, -0.2) is 0 Å². The second kappa shape index (κ2) is 7.57. The summed E-state index contributed by atoms with van der Waals surface area (Å²) in [5.41, 5.74) is 7.83. The van der Waals surface area contributed by atoms with Gasteiger partial charge in [-0.3, -0.25) is 9.69 Å². The number of anilines is 1. The lowest BCUT2D eigenvalue weighted by Crippen LogP contribution is -2.40. The molecule has 0 saturated carbocycles. The lowest BCUT2D eigenvalue weighted by atomic mass is 9.93. The standard InChI is InChI=1S/C17H29N3O/c1-13(2)14-7-6-8-15(9-14)19-16(21)10-20(5)12-17(3,4)11-18/h6-9,13H,10-12,18H2,1-5H3,(H,19,21). The van der Waals surface area contributed by atoms with Gasteiger partial charge < -0.3 is 11.1 Å². The van der Waals surface area contributed by atoms with Crippen LogP contribution in [0.1, 0.15) is 39.2 Å². The summed E-state index contributed by atoms with van der Waals surface area (Å²) in [5.74, 6) is 0.459. The summed E-state index contributed by atoms with van der Waals surface area (Å²) in [4.78, 5) is 14.1. The van der Waals surface area contributed by atoms with E-state index in [-0.39, 0.29) is 11.3 Å². The Labute approximate surface area is 128 Å². The molecule has 0 fully saturated rings. The molecule has 0 saturated heterocycles. The van der Waals surface area contributed by atoms with Crippen LogP contribution in [0.15, 0.2) is 24.3 Å². The van der Waals surface area contributed by atoms with E-state index in [2.05, 4.69) is 39.1 Å². The molecule has 4 heteroatoms. The van der Waals surface area contributed by atoms with Crippen molar-refractivity contribution in [1.82, 2.24) is 4.90 Å². The Morgan fingerprint density at radius 1 is 1.38 bits per heavy atom. The van der Waals surface area contributed by atoms with Gasteiger partial charge in [0.25, 0.3) is 0 Å². The number of hydrogen-bond donors (Lipinski definition) is 2. The quantitative estimate of drug-likeness (QED) is 0.812. The molecule has 1 aromatic carbocycles. The van der Waals surface area contributed by atoms with E-state index in [4.69, 9.17) is 5.73 Å². The minimum Gasteiger partial charge on any atom is -0.330 e. The van der Waals surface area contributed by atoms with Gasteiger partial charge in [0.15, 0.2) is 0 Å². The van der Waals surface area contributed by atoms with Crippen LogP contribution in [0.4, 0.5) is 5.69 Å². The van der Waals surface area contributed by atoms with Crippen molar-refractivity contribution < 1.29 is 4.79 Å². The maximum absolute atomic E-state index is 12.1. The highest BCUT2D eigenvalue weighted by molar-refractivity contribution is 5.92. The van der Waals surface area contributed by atoms with Gasteiger partial charge in [-0.05, 0) is 42.6 Å². The largest absolute Gasteiger partial charge is 0.330 e. The van der Waals surface area contributed by atoms with Gasteiger partial charge in [0.2, 0.25) is 5.91 Å². The molecule has 0 atom stereocenters. The summed E-state index contributed by atoms with van der Waals surface area (Å²) in [7, 11) is 1.95. The summed E-state index contributed by atoms with van der Waals surface area (Å²) in [5, 5.41) is 2.96. The Hall–Kier alpha value is -1.39. The first-order chi connectivity index (χ1) is 9.73. The lowest BCUT2D eigenvalue weighted by molar-refractivity contribution is -0.117. The average Bonchev–Trinajstić information content (AvgIpc) is 2.37. The molecular formula is C17H29N3O. The Bertz CT molecular complexity index is 469. The maximum Gasteiger partial charge on any atom is 0.238 e. The summed E-state index contributed by atoms with van der Waals surface area (Å²) in [6.45, 7) is 10.3. The van der Waals surface area contributed by atoms with Crippen molar-refractivity contribution in [2.24, 2.45) is 11.1 Å². The summed E-state index contributed by atoms with van der Waals surface area (Å²) >= 11 is 0. The number of carbonyl (C=O) groups is 1. The SMILES string of the molecule is CC(C)c1cccc(NC(=O)CN(C)CC(C)(C)CN)c1. The number of rotatable bonds is 7. The average molecular weight is 291 g/mol. The molecule has 0 aliphatic carbocycles. The molecule has 0 aliphatic rings. The third-order valence-corrected chi connectivity index (χ3v) is 3.50. The number of nitrogens with one attached hydrogen (secondary N) is 1. The van der Waals surface area contributed by atoms with Crippen LogP contribution in [0, 0.1) is 5.41 Å². The zero-order chi connectivity index (χ0) is 16.0. The molecule has 1 rings (SSSR count). The third-order valence-electron chi connectivity index (χ3n) is 3.50. The van der Waals surface area contributed by atoms with E-state index in [1.165, 1.54) is 5.56 Å². The fraction of sp³-hybridized carbons (Fsp3) is 0.588. The molecule has 0 bridgehead atoms. The molecule has 118 valence electrons. The molecule has 1 aromatic rings. The van der Waals surface area contributed by atoms with Crippen LogP contribution in [-0.4, -0.2) is 37.5 Å². The first-order valence-corrected chi connectivity index (χ1v) is 7.52. The Morgan fingerprint density at radius 3 is 2.62 bits per heavy atom. The normalized spacial score (nSPS) is 12.0. The van der Waals surface area contributed by atoms with Crippen LogP contribution < -0.4 is 11.1 Å². The molecular weight excluding hydrogens is 262 g/mol. The topological polar surface area (TPSA) is 58.4 Å². The Morgan fingerprint density at radius 2 is 2.05 bits per heavy atom. The molecule has 21 heavy (non-hydrogen) atoms. The number of benzene rings is 1. The van der Waals surface area contributed by atoms with Crippen LogP contribution >= 0.6 is 0 Å². The molecule has 3 N–H and O–H groups in total. The highest BCUT2D eigenvalue weighted by Crippen LogP contribution is 2.18. The van der Waals surface area contributed by atoms with E-state index in [0.29, 0.717) is 19.0 Å². The fourth-order valence-electron chi connectivity index (χ4n) is 2.27. The van der Waals surface area contributed by atoms with E-state index in [1.54, 1.807) is 0 Å². The summed E-state index contributed by atoms with van der Waals surface area (Å²) in [6, 6.07) is 8.02. The van der Waals surface area contributed by atoms with Crippen LogP contribution in [0.3, 0.4) is 0 Å². The summed E-state index contributed by atoms with van der Waals surface area (Å²) < 4.78 is 0. The zero-order valence-electron chi connectivity index (χ0n) is 13.9. The van der Waals surface area contributed by atoms with Crippen molar-refractivity contribution in [1.29, 1.82) is 0 Å². The van der Waals surface area contributed by atoms with Gasteiger partial charge in [0.05, 0.1) is 6.54 Å². The lowest BCUT2D eigenvalue weighted by Gasteiger charge is -2.28. The number of nitrogens with zero attached hydrogens (tertiary/aromatic N) is 1. The van der Waals surface area contributed by atoms with E-state index < -0.39 is 0 Å². The van der Waals surface area contributed by atoms with Crippen LogP contribution in [0.5, 0.6) is 0 Å². The Kier molecular flexibility index (Phi) is 6.37. The number of amides is 1. The van der Waals surface area contributed by atoms with Crippen molar-refractivity contribution in [2.75, 3.05) is 32.0 Å². The van der Waals surface area contributed by atoms with Crippen LogP contribution in [-0.2, 0) is 4.79 Å². The zero-order valence-corrected chi connectivity index (χ0v) is 13.9. The number of hydrogen-bond acceptors (Lipinski definition) is 3. The fourth-order valence-corrected chi connectivity index (χ4v) is 2.27. The first kappa shape index (κ1) is 17.7. The molecule has 4 nitrogen and oxygen atoms in total. The van der Waals surface area contributed by atoms with Crippen molar-refractivity contribution >= 4 is 11.6 Å². The van der Waals surface area contributed by atoms with E-state index >= 15 is 0 Å². The van der Waals surface area contributed by atoms with Crippen molar-refractivity contribution in [3.05, 3.63) is 29.8 Å². The molecule has 0 spiro atoms. The number of likely N-dealkylation sites (N-methyl/N-ethyl adjacent to an activating group) is 1. The minimum absolute atomic E-state index is 0.00577. The van der Waals surface area contributed by atoms with E-state index in [9.17, 15) is 4.79 Å². The van der Waals surface area contributed by atoms with E-state index in [0.717, 1.165) is 12.2 Å². The molecule has 0 heterocycles. The Balaban J connectivity index is 2.56. The third kappa shape index (κ3) is 6.27. The first-order valence-electron chi connectivity index (χ1n) is 7.52. The van der Waals surface area contributed by atoms with E-state index in [1.807, 2.05) is 30.1 Å². The molecule has 1 amide bonds. The van der Waals surface area contributed by atoms with Gasteiger partial charge in [0.1, 0.15) is 0 Å². The molecule has 0 unspecified atom stereocenters. The monoisotopic (exact) mass is 291 g/mol. The predicted molar refractivity (Wildman–Crippen MR) is 89.5 cm³/mol. The van der Waals surface area contributed by atoms with Crippen molar-refractivity contribution in [3.63, 3.8) is 0 Å². The molecule has 0 aliphatic heterocycles. The second-order valence-corrected chi connectivity index (χ2v) is 6.87. The van der Waals surface area contributed by atoms with Crippen molar-refractivity contribution in [2.45, 2.75) is 33.6 Å². The van der Waals surface area contributed by atoms with Gasteiger partial charge in [-0.15, -0.1) is 0 Å². The van der Waals surface area contributed by atoms with Crippen LogP contribution in [0.2, 0.25) is 0 Å². The van der Waals surface area contributed by atoms with Gasteiger partial charge in [0, 0.05) is 12.2 Å². The smallest absolute Gasteiger partial charge is 0.238 e. The highest BCUT2D eigenvalue weighted by atomic mass is 16.2. The summed E-state index contributed by atoms with van der Waals surface area (Å²) in [6.07, 6.45) is 0. The second-order valence-electron chi connectivity index (χ2n) is 6.87. The number of nitrogens with two attached hydrogens (primary N) is 1. The number of carbonyl (C=O) groups excluding carboxylic acids is 1. The minimum atomic E-state index is 0.00577. The maximum atomic E-state index is 12.1. The van der Waals surface area contributed by atoms with Gasteiger partial charge in [-0.1, -0.05) is 39.8 Å². The van der Waals surface area contributed by atoms with Crippen molar-refractivity contribution in [3.8, 4) is 0 Å². The van der Waals surface area contributed by atoms with Crippen LogP contribution in [0.25, 0.3) is 0 Å². The predicted octanol–water partition coefficient (Wildman–Crippen LogP) is 2.67. The molecule has 0 radical (unpaired) electrons. The highest BCUT2D eigenvalue weighted by Gasteiger charge is 2.19.